The van der Waals surface area contributed by atoms with Crippen LogP contribution in [0, 0.1) is 0 Å². The minimum Gasteiger partial charge on any atom is -0.497 e. The van der Waals surface area contributed by atoms with Gasteiger partial charge in [0.1, 0.15) is 5.75 Å². The van der Waals surface area contributed by atoms with Crippen LogP contribution in [-0.2, 0) is 0 Å². The number of methoxy groups -OCH3 is 1. The molecule has 104 valence electrons. The number of hydrogen-bond acceptors (Lipinski definition) is 2. The Morgan fingerprint density at radius 1 is 1.10 bits per heavy atom. The average Bonchev–Trinajstić information content (AvgIpc) is 2.44. The molecule has 1 N–H and O–H groups in total. The molecule has 1 saturated carbocycles. The number of para-hydroxylation sites is 1. The molecule has 0 amide bonds. The monoisotopic (exact) mass is 331 g/mol. The zero-order valence-corrected chi connectivity index (χ0v) is 13.1. The first kappa shape index (κ1) is 13.5. The largest absolute Gasteiger partial charge is 0.497 e. The van der Waals surface area contributed by atoms with E-state index in [2.05, 4.69) is 57.6 Å². The molecule has 1 fully saturated rings. The third kappa shape index (κ3) is 2.83. The summed E-state index contributed by atoms with van der Waals surface area (Å²) in [5.41, 5.74) is 2.57. The van der Waals surface area contributed by atoms with Gasteiger partial charge in [-0.1, -0.05) is 24.3 Å². The third-order valence-corrected chi connectivity index (χ3v) is 4.63. The molecular weight excluding hydrogens is 314 g/mol. The highest BCUT2D eigenvalue weighted by molar-refractivity contribution is 9.10. The van der Waals surface area contributed by atoms with Crippen molar-refractivity contribution in [3.63, 3.8) is 0 Å². The number of nitrogens with one attached hydrogen (secondary N) is 1. The van der Waals surface area contributed by atoms with Crippen LogP contribution in [0.1, 0.15) is 24.3 Å². The third-order valence-electron chi connectivity index (χ3n) is 3.94. The van der Waals surface area contributed by atoms with Gasteiger partial charge in [0.05, 0.1) is 7.11 Å². The maximum atomic E-state index is 5.29. The maximum Gasteiger partial charge on any atom is 0.119 e. The number of rotatable bonds is 4. The van der Waals surface area contributed by atoms with E-state index in [4.69, 9.17) is 4.74 Å². The zero-order chi connectivity index (χ0) is 13.9. The number of halogens is 1. The summed E-state index contributed by atoms with van der Waals surface area (Å²) in [6.45, 7) is 0. The van der Waals surface area contributed by atoms with Gasteiger partial charge in [0.25, 0.3) is 0 Å². The quantitative estimate of drug-likeness (QED) is 0.867. The van der Waals surface area contributed by atoms with Crippen molar-refractivity contribution < 1.29 is 4.74 Å². The molecule has 2 aromatic carbocycles. The van der Waals surface area contributed by atoms with E-state index < -0.39 is 0 Å². The van der Waals surface area contributed by atoms with Crippen molar-refractivity contribution in [2.45, 2.75) is 24.8 Å². The van der Waals surface area contributed by atoms with Crippen molar-refractivity contribution in [2.75, 3.05) is 12.4 Å². The highest BCUT2D eigenvalue weighted by Crippen LogP contribution is 2.40. The minimum absolute atomic E-state index is 0.560. The van der Waals surface area contributed by atoms with E-state index in [0.29, 0.717) is 12.0 Å². The van der Waals surface area contributed by atoms with E-state index in [9.17, 15) is 0 Å². The van der Waals surface area contributed by atoms with Gasteiger partial charge in [-0.25, -0.2) is 0 Å². The van der Waals surface area contributed by atoms with Crippen LogP contribution in [-0.4, -0.2) is 13.2 Å². The van der Waals surface area contributed by atoms with Gasteiger partial charge in [-0.2, -0.15) is 0 Å². The Morgan fingerprint density at radius 3 is 2.65 bits per heavy atom. The van der Waals surface area contributed by atoms with Gasteiger partial charge in [0, 0.05) is 16.2 Å². The lowest BCUT2D eigenvalue weighted by atomic mass is 9.76. The molecule has 0 saturated heterocycles. The molecule has 0 bridgehead atoms. The van der Waals surface area contributed by atoms with Gasteiger partial charge in [0.2, 0.25) is 0 Å². The molecule has 0 heterocycles. The Bertz CT molecular complexity index is 593. The predicted molar refractivity (Wildman–Crippen MR) is 86.5 cm³/mol. The Balaban J connectivity index is 1.60. The second-order valence-corrected chi connectivity index (χ2v) is 6.12. The summed E-state index contributed by atoms with van der Waals surface area (Å²) < 4.78 is 6.42. The van der Waals surface area contributed by atoms with Gasteiger partial charge in [-0.3, -0.25) is 0 Å². The van der Waals surface area contributed by atoms with Gasteiger partial charge >= 0.3 is 0 Å². The topological polar surface area (TPSA) is 21.3 Å². The van der Waals surface area contributed by atoms with Gasteiger partial charge in [-0.15, -0.1) is 0 Å². The van der Waals surface area contributed by atoms with Crippen molar-refractivity contribution in [1.29, 1.82) is 0 Å². The average molecular weight is 332 g/mol. The molecule has 2 nitrogen and oxygen atoms in total. The van der Waals surface area contributed by atoms with Crippen molar-refractivity contribution in [1.82, 2.24) is 0 Å². The van der Waals surface area contributed by atoms with Crippen LogP contribution in [0.25, 0.3) is 0 Å². The summed E-state index contributed by atoms with van der Waals surface area (Å²) in [7, 11) is 1.72. The standard InChI is InChI=1S/C17H18BrNO/c1-20-15-6-4-5-12(11-15)13-9-14(10-13)19-17-8-3-2-7-16(17)18/h2-8,11,13-14,19H,9-10H2,1H3. The van der Waals surface area contributed by atoms with Gasteiger partial charge < -0.3 is 10.1 Å². The summed E-state index contributed by atoms with van der Waals surface area (Å²) in [6, 6.07) is 17.3. The van der Waals surface area contributed by atoms with E-state index in [-0.39, 0.29) is 0 Å². The molecule has 3 heteroatoms. The van der Waals surface area contributed by atoms with Crippen LogP contribution in [0.3, 0.4) is 0 Å². The lowest BCUT2D eigenvalue weighted by Gasteiger charge is -2.37. The van der Waals surface area contributed by atoms with E-state index in [0.717, 1.165) is 10.2 Å². The van der Waals surface area contributed by atoms with E-state index >= 15 is 0 Å². The second kappa shape index (κ2) is 5.88. The molecule has 2 aromatic rings. The second-order valence-electron chi connectivity index (χ2n) is 5.27. The Morgan fingerprint density at radius 2 is 1.90 bits per heavy atom. The van der Waals surface area contributed by atoms with Crippen LogP contribution in [0.4, 0.5) is 5.69 Å². The van der Waals surface area contributed by atoms with Crippen LogP contribution in [0.2, 0.25) is 0 Å². The Kier molecular flexibility index (Phi) is 3.97. The molecule has 0 radical (unpaired) electrons. The fraction of sp³-hybridized carbons (Fsp3) is 0.294. The fourth-order valence-electron chi connectivity index (χ4n) is 2.70. The minimum atomic E-state index is 0.560. The summed E-state index contributed by atoms with van der Waals surface area (Å²) >= 11 is 3.58. The molecule has 3 rings (SSSR count). The lowest BCUT2D eigenvalue weighted by Crippen LogP contribution is -2.34. The smallest absolute Gasteiger partial charge is 0.119 e. The van der Waals surface area contributed by atoms with Gasteiger partial charge in [-0.05, 0) is 64.5 Å². The van der Waals surface area contributed by atoms with Crippen LogP contribution in [0.15, 0.2) is 53.0 Å². The number of ether oxygens (including phenoxy) is 1. The van der Waals surface area contributed by atoms with Crippen LogP contribution >= 0.6 is 15.9 Å². The molecule has 0 aromatic heterocycles. The lowest BCUT2D eigenvalue weighted by molar-refractivity contribution is 0.370. The first-order valence-corrected chi connectivity index (χ1v) is 7.70. The van der Waals surface area contributed by atoms with E-state index in [1.807, 2.05) is 12.1 Å². The Hall–Kier alpha value is -1.48. The molecule has 0 unspecified atom stereocenters. The molecule has 1 aliphatic rings. The maximum absolute atomic E-state index is 5.29. The number of benzene rings is 2. The first-order chi connectivity index (χ1) is 9.76. The van der Waals surface area contributed by atoms with E-state index in [1.165, 1.54) is 24.1 Å². The predicted octanol–water partition coefficient (Wildman–Crippen LogP) is 4.82. The van der Waals surface area contributed by atoms with Crippen molar-refractivity contribution in [3.05, 3.63) is 58.6 Å². The van der Waals surface area contributed by atoms with Crippen LogP contribution < -0.4 is 10.1 Å². The molecule has 0 atom stereocenters. The normalized spacial score (nSPS) is 21.1. The fourth-order valence-corrected chi connectivity index (χ4v) is 3.10. The van der Waals surface area contributed by atoms with Crippen molar-refractivity contribution in [3.8, 4) is 5.75 Å². The highest BCUT2D eigenvalue weighted by atomic mass is 79.9. The molecular formula is C17H18BrNO. The van der Waals surface area contributed by atoms with Crippen molar-refractivity contribution >= 4 is 21.6 Å². The summed E-state index contributed by atoms with van der Waals surface area (Å²) in [6.07, 6.45) is 2.35. The zero-order valence-electron chi connectivity index (χ0n) is 11.5. The molecule has 0 aliphatic heterocycles. The summed E-state index contributed by atoms with van der Waals surface area (Å²) in [5.74, 6) is 1.59. The first-order valence-electron chi connectivity index (χ1n) is 6.91. The number of hydrogen-bond donors (Lipinski definition) is 1. The SMILES string of the molecule is COc1cccc(C2CC(Nc3ccccc3Br)C2)c1. The number of anilines is 1. The summed E-state index contributed by atoms with van der Waals surface area (Å²) in [4.78, 5) is 0. The van der Waals surface area contributed by atoms with Gasteiger partial charge in [0.15, 0.2) is 0 Å². The van der Waals surface area contributed by atoms with Crippen molar-refractivity contribution in [2.24, 2.45) is 0 Å². The van der Waals surface area contributed by atoms with E-state index in [1.54, 1.807) is 7.11 Å². The summed E-state index contributed by atoms with van der Waals surface area (Å²) in [5, 5.41) is 3.60. The van der Waals surface area contributed by atoms with Crippen LogP contribution in [0.5, 0.6) is 5.75 Å². The molecule has 1 aliphatic carbocycles. The molecule has 0 spiro atoms. The Labute approximate surface area is 128 Å². The molecule has 20 heavy (non-hydrogen) atoms. The highest BCUT2D eigenvalue weighted by Gasteiger charge is 2.30.